The summed E-state index contributed by atoms with van der Waals surface area (Å²) in [5, 5.41) is 29.5. The lowest BCUT2D eigenvalue weighted by Crippen LogP contribution is -2.16. The average molecular weight is 581 g/mol. The third-order valence-corrected chi connectivity index (χ3v) is 10.3. The molecule has 0 fully saturated rings. The number of hydrogen-bond donors (Lipinski definition) is 3. The highest BCUT2D eigenvalue weighted by atomic mass is 16.3. The van der Waals surface area contributed by atoms with Crippen molar-refractivity contribution in [2.75, 3.05) is 0 Å². The zero-order valence-corrected chi connectivity index (χ0v) is 26.3. The standard InChI is InChI=1S/C41H40O3/c1-24-6-12-31-33-14-10-27(20-37(33)40(2,3)35(31)16-24)28-11-15-34-32-13-9-25(19-36(32)41(4,5)38(34)21-28)7-8-26-17-29(22-42)39(44)30(18-26)23-43/h6,9-21,42-44H,7-8,22-23H2,1-5H3. The van der Waals surface area contributed by atoms with Crippen molar-refractivity contribution in [2.24, 2.45) is 0 Å². The van der Waals surface area contributed by atoms with Crippen LogP contribution >= 0.6 is 0 Å². The maximum Gasteiger partial charge on any atom is 0.126 e. The number of hydrogen-bond acceptors (Lipinski definition) is 3. The minimum atomic E-state index is -0.253. The second-order valence-electron chi connectivity index (χ2n) is 13.8. The highest BCUT2D eigenvalue weighted by Gasteiger charge is 2.37. The van der Waals surface area contributed by atoms with Gasteiger partial charge in [0.05, 0.1) is 13.2 Å². The van der Waals surface area contributed by atoms with Gasteiger partial charge >= 0.3 is 0 Å². The molecule has 0 aliphatic heterocycles. The number of aliphatic hydroxyl groups is 2. The molecule has 3 nitrogen and oxygen atoms in total. The second-order valence-corrected chi connectivity index (χ2v) is 13.8. The van der Waals surface area contributed by atoms with Crippen LogP contribution in [0.5, 0.6) is 5.75 Å². The van der Waals surface area contributed by atoms with Crippen molar-refractivity contribution in [3.63, 3.8) is 0 Å². The Labute approximate surface area is 260 Å². The third-order valence-electron chi connectivity index (χ3n) is 10.3. The first-order valence-corrected chi connectivity index (χ1v) is 15.6. The minimum Gasteiger partial charge on any atom is -0.507 e. The van der Waals surface area contributed by atoms with Crippen LogP contribution in [0, 0.1) is 6.92 Å². The Hall–Kier alpha value is -4.18. The van der Waals surface area contributed by atoms with Gasteiger partial charge in [0.1, 0.15) is 5.75 Å². The first kappa shape index (κ1) is 28.6. The number of benzene rings is 5. The summed E-state index contributed by atoms with van der Waals surface area (Å²) >= 11 is 0. The molecule has 0 unspecified atom stereocenters. The summed E-state index contributed by atoms with van der Waals surface area (Å²) in [4.78, 5) is 0. The summed E-state index contributed by atoms with van der Waals surface area (Å²) in [7, 11) is 0. The fraction of sp³-hybridized carbons (Fsp3) is 0.268. The summed E-state index contributed by atoms with van der Waals surface area (Å²) in [5.41, 5.74) is 17.7. The van der Waals surface area contributed by atoms with Gasteiger partial charge in [-0.2, -0.15) is 0 Å². The molecule has 5 aromatic carbocycles. The molecular formula is C41H40O3. The van der Waals surface area contributed by atoms with Gasteiger partial charge in [0.15, 0.2) is 0 Å². The molecule has 0 saturated heterocycles. The van der Waals surface area contributed by atoms with E-state index in [0.717, 1.165) is 18.4 Å². The highest BCUT2D eigenvalue weighted by molar-refractivity contribution is 5.86. The van der Waals surface area contributed by atoms with E-state index in [1.54, 1.807) is 0 Å². The molecule has 0 aromatic heterocycles. The van der Waals surface area contributed by atoms with Gasteiger partial charge < -0.3 is 15.3 Å². The van der Waals surface area contributed by atoms with Gasteiger partial charge in [-0.05, 0) is 111 Å². The molecule has 0 bridgehead atoms. The molecule has 0 atom stereocenters. The summed E-state index contributed by atoms with van der Waals surface area (Å²) in [6.45, 7) is 11.0. The van der Waals surface area contributed by atoms with E-state index in [-0.39, 0.29) is 29.8 Å². The van der Waals surface area contributed by atoms with E-state index in [1.165, 1.54) is 66.8 Å². The van der Waals surface area contributed by atoms with Crippen LogP contribution in [0.2, 0.25) is 0 Å². The van der Waals surface area contributed by atoms with Crippen molar-refractivity contribution in [1.82, 2.24) is 0 Å². The smallest absolute Gasteiger partial charge is 0.126 e. The van der Waals surface area contributed by atoms with Gasteiger partial charge in [0, 0.05) is 22.0 Å². The Morgan fingerprint density at radius 1 is 0.500 bits per heavy atom. The molecule has 44 heavy (non-hydrogen) atoms. The van der Waals surface area contributed by atoms with Crippen LogP contribution in [-0.2, 0) is 36.9 Å². The number of phenols is 1. The van der Waals surface area contributed by atoms with Crippen LogP contribution in [0.15, 0.2) is 84.9 Å². The predicted molar refractivity (Wildman–Crippen MR) is 179 cm³/mol. The Morgan fingerprint density at radius 2 is 0.932 bits per heavy atom. The summed E-state index contributed by atoms with van der Waals surface area (Å²) in [5.74, 6) is -0.0149. The molecule has 2 aliphatic carbocycles. The normalized spacial score (nSPS) is 15.1. The maximum atomic E-state index is 10.2. The van der Waals surface area contributed by atoms with Crippen molar-refractivity contribution < 1.29 is 15.3 Å². The van der Waals surface area contributed by atoms with E-state index in [4.69, 9.17) is 0 Å². The van der Waals surface area contributed by atoms with E-state index in [0.29, 0.717) is 11.1 Å². The number of fused-ring (bicyclic) bond motifs is 6. The van der Waals surface area contributed by atoms with Gasteiger partial charge in [-0.25, -0.2) is 0 Å². The molecule has 0 radical (unpaired) electrons. The van der Waals surface area contributed by atoms with E-state index < -0.39 is 0 Å². The van der Waals surface area contributed by atoms with Crippen LogP contribution < -0.4 is 0 Å². The second kappa shape index (κ2) is 10.2. The largest absolute Gasteiger partial charge is 0.507 e. The molecule has 3 heteroatoms. The monoisotopic (exact) mass is 580 g/mol. The summed E-state index contributed by atoms with van der Waals surface area (Å²) in [6.07, 6.45) is 1.59. The van der Waals surface area contributed by atoms with Gasteiger partial charge in [-0.1, -0.05) is 93.9 Å². The molecule has 0 saturated carbocycles. The fourth-order valence-corrected chi connectivity index (χ4v) is 7.66. The number of aliphatic hydroxyl groups excluding tert-OH is 2. The number of aromatic hydroxyl groups is 1. The van der Waals surface area contributed by atoms with Gasteiger partial charge in [0.2, 0.25) is 0 Å². The van der Waals surface area contributed by atoms with Gasteiger partial charge in [0.25, 0.3) is 0 Å². The molecule has 3 N–H and O–H groups in total. The molecule has 7 rings (SSSR count). The molecule has 0 heterocycles. The lowest BCUT2D eigenvalue weighted by Gasteiger charge is -2.23. The van der Waals surface area contributed by atoms with Crippen LogP contribution in [0.3, 0.4) is 0 Å². The van der Waals surface area contributed by atoms with Crippen molar-refractivity contribution in [3.8, 4) is 39.1 Å². The quantitative estimate of drug-likeness (QED) is 0.188. The molecule has 2 aliphatic rings. The zero-order valence-electron chi connectivity index (χ0n) is 26.3. The highest BCUT2D eigenvalue weighted by Crippen LogP contribution is 2.52. The van der Waals surface area contributed by atoms with Crippen LogP contribution in [-0.4, -0.2) is 15.3 Å². The number of rotatable bonds is 6. The minimum absolute atomic E-state index is 0.0149. The topological polar surface area (TPSA) is 60.7 Å². The van der Waals surface area contributed by atoms with Crippen molar-refractivity contribution >= 4 is 0 Å². The molecule has 222 valence electrons. The summed E-state index contributed by atoms with van der Waals surface area (Å²) in [6, 6.07) is 31.4. The van der Waals surface area contributed by atoms with E-state index in [2.05, 4.69) is 107 Å². The van der Waals surface area contributed by atoms with Gasteiger partial charge in [-0.15, -0.1) is 0 Å². The van der Waals surface area contributed by atoms with Crippen LogP contribution in [0.1, 0.15) is 77.8 Å². The Balaban J connectivity index is 1.19. The van der Waals surface area contributed by atoms with Gasteiger partial charge in [-0.3, -0.25) is 0 Å². The lowest BCUT2D eigenvalue weighted by atomic mass is 9.80. The zero-order chi connectivity index (χ0) is 31.0. The molecule has 0 amide bonds. The van der Waals surface area contributed by atoms with E-state index in [1.807, 2.05) is 12.1 Å². The maximum absolute atomic E-state index is 10.2. The van der Waals surface area contributed by atoms with Crippen molar-refractivity contribution in [3.05, 3.63) is 135 Å². The van der Waals surface area contributed by atoms with E-state index >= 15 is 0 Å². The lowest BCUT2D eigenvalue weighted by molar-refractivity contribution is 0.263. The van der Waals surface area contributed by atoms with Crippen molar-refractivity contribution in [1.29, 1.82) is 0 Å². The Bertz CT molecular complexity index is 1930. The first-order chi connectivity index (χ1) is 21.0. The molecule has 0 spiro atoms. The first-order valence-electron chi connectivity index (χ1n) is 15.6. The van der Waals surface area contributed by atoms with Crippen LogP contribution in [0.4, 0.5) is 0 Å². The van der Waals surface area contributed by atoms with E-state index in [9.17, 15) is 15.3 Å². The van der Waals surface area contributed by atoms with Crippen LogP contribution in [0.25, 0.3) is 33.4 Å². The molecule has 5 aromatic rings. The Kier molecular flexibility index (Phi) is 6.62. The SMILES string of the molecule is Cc1ccc2c(c1)C(C)(C)c1cc(-c3ccc4c(c3)C(C)(C)c3cc(CCc5cc(CO)c(O)c(CO)c5)ccc3-4)ccc1-2. The number of aryl methyl sites for hydroxylation is 3. The molecular weight excluding hydrogens is 540 g/mol. The Morgan fingerprint density at radius 3 is 1.45 bits per heavy atom. The predicted octanol–water partition coefficient (Wildman–Crippen LogP) is 8.75. The fourth-order valence-electron chi connectivity index (χ4n) is 7.66. The average Bonchev–Trinajstić information content (AvgIpc) is 3.38. The third kappa shape index (κ3) is 4.33. The summed E-state index contributed by atoms with van der Waals surface area (Å²) < 4.78 is 0. The van der Waals surface area contributed by atoms with Crippen molar-refractivity contribution in [2.45, 2.75) is 71.5 Å².